The van der Waals surface area contributed by atoms with Gasteiger partial charge in [0.2, 0.25) is 0 Å². The van der Waals surface area contributed by atoms with Gasteiger partial charge in [0.05, 0.1) is 6.61 Å². The molecular weight excluding hydrogens is 324 g/mol. The van der Waals surface area contributed by atoms with Gasteiger partial charge in [0.1, 0.15) is 0 Å². The van der Waals surface area contributed by atoms with Crippen molar-refractivity contribution in [1.29, 1.82) is 0 Å². The zero-order valence-corrected chi connectivity index (χ0v) is 17.9. The standard InChI is InChI=1S/C23H46O3/c1-3-4-5-6-7-8-9-10-11-12-13-14-15-16-17-20-23(24)26-22-19-18-21-25-2/h3-22H2,1-2H3. The molecule has 0 spiro atoms. The van der Waals surface area contributed by atoms with E-state index in [1.54, 1.807) is 7.11 Å². The van der Waals surface area contributed by atoms with Gasteiger partial charge in [-0.25, -0.2) is 0 Å². The van der Waals surface area contributed by atoms with Crippen LogP contribution in [0, 0.1) is 0 Å². The molecule has 0 aromatic rings. The summed E-state index contributed by atoms with van der Waals surface area (Å²) >= 11 is 0. The Morgan fingerprint density at radius 3 is 1.46 bits per heavy atom. The summed E-state index contributed by atoms with van der Waals surface area (Å²) in [5.41, 5.74) is 0. The topological polar surface area (TPSA) is 35.5 Å². The Bertz CT molecular complexity index is 279. The van der Waals surface area contributed by atoms with Crippen LogP contribution in [0.3, 0.4) is 0 Å². The van der Waals surface area contributed by atoms with Crippen LogP contribution in [-0.4, -0.2) is 26.3 Å². The summed E-state index contributed by atoms with van der Waals surface area (Å²) in [6, 6.07) is 0. The number of rotatable bonds is 21. The number of carbonyl (C=O) groups is 1. The van der Waals surface area contributed by atoms with E-state index in [4.69, 9.17) is 9.47 Å². The summed E-state index contributed by atoms with van der Waals surface area (Å²) in [4.78, 5) is 11.6. The Labute approximate surface area is 163 Å². The molecule has 0 aliphatic heterocycles. The van der Waals surface area contributed by atoms with Crippen LogP contribution in [0.25, 0.3) is 0 Å². The smallest absolute Gasteiger partial charge is 0.305 e. The van der Waals surface area contributed by atoms with Crippen LogP contribution in [0.1, 0.15) is 122 Å². The second-order valence-corrected chi connectivity index (χ2v) is 7.62. The molecule has 0 fully saturated rings. The maximum absolute atomic E-state index is 11.6. The van der Waals surface area contributed by atoms with Crippen molar-refractivity contribution in [2.75, 3.05) is 20.3 Å². The minimum Gasteiger partial charge on any atom is -0.466 e. The van der Waals surface area contributed by atoms with Crippen LogP contribution in [0.5, 0.6) is 0 Å². The monoisotopic (exact) mass is 370 g/mol. The second-order valence-electron chi connectivity index (χ2n) is 7.62. The number of ether oxygens (including phenoxy) is 2. The van der Waals surface area contributed by atoms with Crippen LogP contribution in [0.2, 0.25) is 0 Å². The Hall–Kier alpha value is -0.570. The van der Waals surface area contributed by atoms with Gasteiger partial charge < -0.3 is 9.47 Å². The normalized spacial score (nSPS) is 11.0. The van der Waals surface area contributed by atoms with E-state index in [1.807, 2.05) is 0 Å². The minimum absolute atomic E-state index is 0.0305. The number of esters is 1. The zero-order valence-electron chi connectivity index (χ0n) is 17.9. The van der Waals surface area contributed by atoms with E-state index in [0.717, 1.165) is 32.3 Å². The maximum atomic E-state index is 11.6. The molecule has 0 radical (unpaired) electrons. The van der Waals surface area contributed by atoms with E-state index in [-0.39, 0.29) is 5.97 Å². The largest absolute Gasteiger partial charge is 0.466 e. The number of hydrogen-bond donors (Lipinski definition) is 0. The van der Waals surface area contributed by atoms with Gasteiger partial charge in [-0.3, -0.25) is 4.79 Å². The minimum atomic E-state index is -0.0305. The highest BCUT2D eigenvalue weighted by molar-refractivity contribution is 5.69. The molecule has 0 heterocycles. The van der Waals surface area contributed by atoms with Crippen LogP contribution >= 0.6 is 0 Å². The first-order valence-corrected chi connectivity index (χ1v) is 11.5. The Morgan fingerprint density at radius 2 is 1.00 bits per heavy atom. The lowest BCUT2D eigenvalue weighted by Crippen LogP contribution is -2.06. The Morgan fingerprint density at radius 1 is 0.577 bits per heavy atom. The average molecular weight is 371 g/mol. The van der Waals surface area contributed by atoms with Crippen molar-refractivity contribution in [1.82, 2.24) is 0 Å². The van der Waals surface area contributed by atoms with E-state index >= 15 is 0 Å². The van der Waals surface area contributed by atoms with Gasteiger partial charge in [-0.15, -0.1) is 0 Å². The molecule has 26 heavy (non-hydrogen) atoms. The fraction of sp³-hybridized carbons (Fsp3) is 0.957. The van der Waals surface area contributed by atoms with Gasteiger partial charge in [0.25, 0.3) is 0 Å². The van der Waals surface area contributed by atoms with Gasteiger partial charge >= 0.3 is 5.97 Å². The van der Waals surface area contributed by atoms with Crippen molar-refractivity contribution < 1.29 is 14.3 Å². The summed E-state index contributed by atoms with van der Waals surface area (Å²) in [6.07, 6.45) is 22.7. The highest BCUT2D eigenvalue weighted by Crippen LogP contribution is 2.13. The lowest BCUT2D eigenvalue weighted by Gasteiger charge is -2.05. The van der Waals surface area contributed by atoms with Crippen LogP contribution in [0.15, 0.2) is 0 Å². The van der Waals surface area contributed by atoms with Gasteiger partial charge in [-0.05, 0) is 19.3 Å². The van der Waals surface area contributed by atoms with Crippen LogP contribution in [0.4, 0.5) is 0 Å². The molecule has 0 amide bonds. The molecule has 0 saturated heterocycles. The zero-order chi connectivity index (χ0) is 19.1. The van der Waals surface area contributed by atoms with Crippen molar-refractivity contribution >= 4 is 5.97 Å². The first-order valence-electron chi connectivity index (χ1n) is 11.5. The molecule has 0 unspecified atom stereocenters. The number of unbranched alkanes of at least 4 members (excludes halogenated alkanes) is 15. The van der Waals surface area contributed by atoms with Gasteiger partial charge in [0.15, 0.2) is 0 Å². The van der Waals surface area contributed by atoms with E-state index in [9.17, 15) is 4.79 Å². The first kappa shape index (κ1) is 25.4. The van der Waals surface area contributed by atoms with E-state index < -0.39 is 0 Å². The molecule has 0 aromatic carbocycles. The van der Waals surface area contributed by atoms with E-state index in [1.165, 1.54) is 83.5 Å². The Balaban J connectivity index is 3.09. The van der Waals surface area contributed by atoms with Crippen molar-refractivity contribution in [2.45, 2.75) is 122 Å². The molecule has 0 aromatic heterocycles. The summed E-state index contributed by atoms with van der Waals surface area (Å²) in [7, 11) is 1.70. The molecule has 0 bridgehead atoms. The predicted molar refractivity (Wildman–Crippen MR) is 112 cm³/mol. The molecule has 0 N–H and O–H groups in total. The van der Waals surface area contributed by atoms with E-state index in [0.29, 0.717) is 13.0 Å². The molecule has 0 aliphatic rings. The number of carbonyl (C=O) groups excluding carboxylic acids is 1. The van der Waals surface area contributed by atoms with Crippen molar-refractivity contribution in [3.8, 4) is 0 Å². The van der Waals surface area contributed by atoms with Crippen molar-refractivity contribution in [3.05, 3.63) is 0 Å². The van der Waals surface area contributed by atoms with Gasteiger partial charge in [-0.2, -0.15) is 0 Å². The quantitative estimate of drug-likeness (QED) is 0.158. The lowest BCUT2D eigenvalue weighted by atomic mass is 10.0. The molecule has 0 aliphatic carbocycles. The SMILES string of the molecule is CCCCCCCCCCCCCCCCCC(=O)OCCCCOC. The highest BCUT2D eigenvalue weighted by Gasteiger charge is 2.02. The van der Waals surface area contributed by atoms with Crippen molar-refractivity contribution in [2.24, 2.45) is 0 Å². The molecule has 3 nitrogen and oxygen atoms in total. The van der Waals surface area contributed by atoms with E-state index in [2.05, 4.69) is 6.92 Å². The molecule has 3 heteroatoms. The Kier molecular flexibility index (Phi) is 22.0. The first-order chi connectivity index (χ1) is 12.8. The third-order valence-corrected chi connectivity index (χ3v) is 4.99. The number of methoxy groups -OCH3 is 1. The lowest BCUT2D eigenvalue weighted by molar-refractivity contribution is -0.143. The van der Waals surface area contributed by atoms with Crippen LogP contribution in [-0.2, 0) is 14.3 Å². The predicted octanol–water partition coefficient (Wildman–Crippen LogP) is 7.22. The maximum Gasteiger partial charge on any atom is 0.305 e. The molecule has 0 rings (SSSR count). The second kappa shape index (κ2) is 22.5. The van der Waals surface area contributed by atoms with Crippen molar-refractivity contribution in [3.63, 3.8) is 0 Å². The summed E-state index contributed by atoms with van der Waals surface area (Å²) in [5.74, 6) is -0.0305. The summed E-state index contributed by atoms with van der Waals surface area (Å²) < 4.78 is 10.2. The summed E-state index contributed by atoms with van der Waals surface area (Å²) in [5, 5.41) is 0. The molecule has 156 valence electrons. The van der Waals surface area contributed by atoms with Gasteiger partial charge in [-0.1, -0.05) is 96.8 Å². The third kappa shape index (κ3) is 21.5. The molecule has 0 atom stereocenters. The highest BCUT2D eigenvalue weighted by atomic mass is 16.5. The third-order valence-electron chi connectivity index (χ3n) is 4.99. The molecule has 0 saturated carbocycles. The van der Waals surface area contributed by atoms with Crippen LogP contribution < -0.4 is 0 Å². The summed E-state index contributed by atoms with van der Waals surface area (Å²) in [6.45, 7) is 3.57. The number of hydrogen-bond acceptors (Lipinski definition) is 3. The fourth-order valence-electron chi connectivity index (χ4n) is 3.25. The molecular formula is C23H46O3. The fourth-order valence-corrected chi connectivity index (χ4v) is 3.25. The average Bonchev–Trinajstić information content (AvgIpc) is 2.64. The van der Waals surface area contributed by atoms with Gasteiger partial charge in [0, 0.05) is 20.1 Å².